The van der Waals surface area contributed by atoms with E-state index in [1.165, 1.54) is 0 Å². The predicted octanol–water partition coefficient (Wildman–Crippen LogP) is 1.42. The minimum Gasteiger partial charge on any atom is -0.359 e. The van der Waals surface area contributed by atoms with Crippen LogP contribution in [0.3, 0.4) is 0 Å². The zero-order valence-electron chi connectivity index (χ0n) is 4.63. The van der Waals surface area contributed by atoms with Gasteiger partial charge in [0.25, 0.3) is 0 Å². The molecule has 1 aliphatic heterocycles. The van der Waals surface area contributed by atoms with Gasteiger partial charge in [-0.05, 0) is 6.92 Å². The van der Waals surface area contributed by atoms with E-state index >= 15 is 0 Å². The molecule has 1 aliphatic rings. The molecular formula is C5H8OS2. The average Bonchev–Trinajstić information content (AvgIpc) is 1.85. The minimum absolute atomic E-state index is 0.0532. The number of thiol groups is 1. The zero-order chi connectivity index (χ0) is 6.15. The van der Waals surface area contributed by atoms with Crippen LogP contribution in [0.25, 0.3) is 0 Å². The third-order valence-electron chi connectivity index (χ3n) is 1.19. The summed E-state index contributed by atoms with van der Waals surface area (Å²) in [5.74, 6) is 0. The van der Waals surface area contributed by atoms with Crippen LogP contribution < -0.4 is 0 Å². The summed E-state index contributed by atoms with van der Waals surface area (Å²) in [6.45, 7) is 1.96. The van der Waals surface area contributed by atoms with Gasteiger partial charge in [0.2, 0.25) is 0 Å². The van der Waals surface area contributed by atoms with E-state index in [0.29, 0.717) is 0 Å². The summed E-state index contributed by atoms with van der Waals surface area (Å²) in [7, 11) is 0. The largest absolute Gasteiger partial charge is 0.359 e. The number of thiocarbonyl (C=S) groups is 1. The van der Waals surface area contributed by atoms with Crippen molar-refractivity contribution in [3.8, 4) is 0 Å². The summed E-state index contributed by atoms with van der Waals surface area (Å²) in [5.41, 5.74) is 0.0532. The van der Waals surface area contributed by atoms with E-state index in [0.717, 1.165) is 11.3 Å². The lowest BCUT2D eigenvalue weighted by Gasteiger charge is -2.00. The van der Waals surface area contributed by atoms with Crippen molar-refractivity contribution >= 4 is 29.7 Å². The van der Waals surface area contributed by atoms with Crippen molar-refractivity contribution in [2.75, 3.05) is 0 Å². The predicted molar refractivity (Wildman–Crippen MR) is 40.5 cm³/mol. The van der Waals surface area contributed by atoms with Crippen molar-refractivity contribution in [1.29, 1.82) is 0 Å². The lowest BCUT2D eigenvalue weighted by molar-refractivity contribution is 0.125. The highest BCUT2D eigenvalue weighted by Gasteiger charge is 2.23. The Morgan fingerprint density at radius 3 is 2.62 bits per heavy atom. The molecular weight excluding hydrogens is 140 g/mol. The molecule has 3 heteroatoms. The molecule has 1 saturated heterocycles. The van der Waals surface area contributed by atoms with Gasteiger partial charge >= 0.3 is 0 Å². The highest BCUT2D eigenvalue weighted by Crippen LogP contribution is 2.19. The maximum absolute atomic E-state index is 5.20. The van der Waals surface area contributed by atoms with E-state index in [2.05, 4.69) is 12.6 Å². The molecule has 1 nitrogen and oxygen atoms in total. The van der Waals surface area contributed by atoms with Gasteiger partial charge in [-0.1, -0.05) is 12.2 Å². The molecule has 0 aromatic rings. The Hall–Kier alpha value is 0.400. The van der Waals surface area contributed by atoms with Gasteiger partial charge in [-0.2, -0.15) is 0 Å². The Morgan fingerprint density at radius 2 is 2.50 bits per heavy atom. The molecule has 1 heterocycles. The molecule has 0 aromatic heterocycles. The summed E-state index contributed by atoms with van der Waals surface area (Å²) < 4.78 is 5.20. The first-order valence-electron chi connectivity index (χ1n) is 2.56. The molecule has 2 atom stereocenters. The topological polar surface area (TPSA) is 9.23 Å². The molecule has 0 spiro atoms. The Labute approximate surface area is 59.8 Å². The quantitative estimate of drug-likeness (QED) is 0.411. The van der Waals surface area contributed by atoms with E-state index in [4.69, 9.17) is 17.0 Å². The fourth-order valence-electron chi connectivity index (χ4n) is 0.698. The van der Waals surface area contributed by atoms with E-state index in [1.54, 1.807) is 0 Å². The molecule has 2 unspecified atom stereocenters. The number of hydrogen-bond acceptors (Lipinski definition) is 3. The Morgan fingerprint density at radius 1 is 1.88 bits per heavy atom. The first-order valence-corrected chi connectivity index (χ1v) is 3.49. The highest BCUT2D eigenvalue weighted by molar-refractivity contribution is 7.82. The van der Waals surface area contributed by atoms with Crippen molar-refractivity contribution in [3.63, 3.8) is 0 Å². The van der Waals surface area contributed by atoms with E-state index < -0.39 is 0 Å². The van der Waals surface area contributed by atoms with Crippen LogP contribution in [0.15, 0.2) is 0 Å². The highest BCUT2D eigenvalue weighted by atomic mass is 32.1. The van der Waals surface area contributed by atoms with Crippen LogP contribution in [0.2, 0.25) is 0 Å². The van der Waals surface area contributed by atoms with Gasteiger partial charge < -0.3 is 4.74 Å². The van der Waals surface area contributed by atoms with Crippen LogP contribution in [-0.2, 0) is 4.74 Å². The lowest BCUT2D eigenvalue weighted by Crippen LogP contribution is -2.06. The van der Waals surface area contributed by atoms with E-state index in [1.807, 2.05) is 6.92 Å². The number of hydrogen-bond donors (Lipinski definition) is 1. The molecule has 0 radical (unpaired) electrons. The SMILES string of the molecule is CC1OC(S)CC1=S. The van der Waals surface area contributed by atoms with Crippen LogP contribution in [0, 0.1) is 0 Å². The van der Waals surface area contributed by atoms with Gasteiger partial charge in [0.15, 0.2) is 0 Å². The minimum atomic E-state index is 0.0532. The third kappa shape index (κ3) is 1.21. The summed E-state index contributed by atoms with van der Waals surface area (Å²) >= 11 is 9.05. The zero-order valence-corrected chi connectivity index (χ0v) is 6.34. The number of rotatable bonds is 0. The van der Waals surface area contributed by atoms with Crippen LogP contribution in [0.1, 0.15) is 13.3 Å². The Bertz CT molecular complexity index is 113. The van der Waals surface area contributed by atoms with Crippen molar-refractivity contribution in [2.45, 2.75) is 24.9 Å². The summed E-state index contributed by atoms with van der Waals surface area (Å²) in [6, 6.07) is 0. The van der Waals surface area contributed by atoms with Gasteiger partial charge in [0.1, 0.15) is 5.44 Å². The van der Waals surface area contributed by atoms with E-state index in [-0.39, 0.29) is 11.5 Å². The van der Waals surface area contributed by atoms with Crippen LogP contribution in [0.4, 0.5) is 0 Å². The molecule has 46 valence electrons. The third-order valence-corrected chi connectivity index (χ3v) is 1.99. The lowest BCUT2D eigenvalue weighted by atomic mass is 10.3. The molecule has 0 amide bonds. The molecule has 0 N–H and O–H groups in total. The molecule has 0 aliphatic carbocycles. The maximum Gasteiger partial charge on any atom is 0.105 e. The summed E-state index contributed by atoms with van der Waals surface area (Å²) in [5, 5.41) is 0. The Kier molecular flexibility index (Phi) is 1.90. The van der Waals surface area contributed by atoms with Crippen molar-refractivity contribution in [1.82, 2.24) is 0 Å². The molecule has 8 heavy (non-hydrogen) atoms. The number of ether oxygens (including phenoxy) is 1. The summed E-state index contributed by atoms with van der Waals surface area (Å²) in [6.07, 6.45) is 0.979. The molecule has 0 aromatic carbocycles. The molecule has 1 rings (SSSR count). The fourth-order valence-corrected chi connectivity index (χ4v) is 1.41. The standard InChI is InChI=1S/C5H8OS2/c1-3-4(7)2-5(8)6-3/h3,5,8H,2H2,1H3. The fraction of sp³-hybridized carbons (Fsp3) is 0.800. The molecule has 1 fully saturated rings. The second kappa shape index (κ2) is 2.33. The van der Waals surface area contributed by atoms with Gasteiger partial charge in [-0.25, -0.2) is 0 Å². The van der Waals surface area contributed by atoms with Gasteiger partial charge in [0, 0.05) is 11.3 Å². The maximum atomic E-state index is 5.20. The smallest absolute Gasteiger partial charge is 0.105 e. The second-order valence-electron chi connectivity index (χ2n) is 1.90. The van der Waals surface area contributed by atoms with Gasteiger partial charge in [-0.3, -0.25) is 0 Å². The van der Waals surface area contributed by atoms with Crippen molar-refractivity contribution < 1.29 is 4.74 Å². The van der Waals surface area contributed by atoms with Crippen LogP contribution in [0.5, 0.6) is 0 Å². The second-order valence-corrected chi connectivity index (χ2v) is 3.00. The van der Waals surface area contributed by atoms with Gasteiger partial charge in [-0.15, -0.1) is 12.6 Å². The molecule has 0 saturated carbocycles. The normalized spacial score (nSPS) is 38.5. The van der Waals surface area contributed by atoms with Crippen molar-refractivity contribution in [3.05, 3.63) is 0 Å². The average molecular weight is 148 g/mol. The van der Waals surface area contributed by atoms with E-state index in [9.17, 15) is 0 Å². The van der Waals surface area contributed by atoms with Crippen LogP contribution in [-0.4, -0.2) is 16.4 Å². The first-order chi connectivity index (χ1) is 3.70. The van der Waals surface area contributed by atoms with Crippen LogP contribution >= 0.6 is 24.8 Å². The summed E-state index contributed by atoms with van der Waals surface area (Å²) in [4.78, 5) is 0.991. The van der Waals surface area contributed by atoms with Gasteiger partial charge in [0.05, 0.1) is 6.10 Å². The Balaban J connectivity index is 2.51. The van der Waals surface area contributed by atoms with Crippen molar-refractivity contribution in [2.24, 2.45) is 0 Å². The first kappa shape index (κ1) is 6.52. The monoisotopic (exact) mass is 148 g/mol. The molecule has 0 bridgehead atoms.